The van der Waals surface area contributed by atoms with Crippen molar-refractivity contribution in [3.8, 4) is 11.5 Å². The fourth-order valence-corrected chi connectivity index (χ4v) is 1.80. The van der Waals surface area contributed by atoms with Crippen molar-refractivity contribution in [3.05, 3.63) is 47.8 Å². The number of ether oxygens (including phenoxy) is 2. The lowest BCUT2D eigenvalue weighted by Crippen LogP contribution is -2.14. The maximum atomic E-state index is 13.7. The number of halogens is 1. The predicted octanol–water partition coefficient (Wildman–Crippen LogP) is 2.68. The maximum absolute atomic E-state index is 13.7. The van der Waals surface area contributed by atoms with Crippen molar-refractivity contribution >= 4 is 17.3 Å². The molecule has 0 radical (unpaired) electrons. The molecule has 6 heteroatoms. The molecule has 3 N–H and O–H groups in total. The first kappa shape index (κ1) is 14.6. The molecule has 0 saturated carbocycles. The van der Waals surface area contributed by atoms with Gasteiger partial charge < -0.3 is 20.5 Å². The van der Waals surface area contributed by atoms with Crippen LogP contribution in [-0.4, -0.2) is 20.1 Å². The number of benzene rings is 2. The van der Waals surface area contributed by atoms with Gasteiger partial charge in [0, 0.05) is 11.6 Å². The highest BCUT2D eigenvalue weighted by atomic mass is 19.1. The fourth-order valence-electron chi connectivity index (χ4n) is 1.80. The molecule has 0 spiro atoms. The van der Waals surface area contributed by atoms with E-state index in [0.717, 1.165) is 0 Å². The molecular formula is C15H15FN2O3. The van der Waals surface area contributed by atoms with Crippen molar-refractivity contribution in [1.29, 1.82) is 0 Å². The Hall–Kier alpha value is -2.76. The van der Waals surface area contributed by atoms with Crippen LogP contribution >= 0.6 is 0 Å². The molecule has 0 aliphatic carbocycles. The Labute approximate surface area is 121 Å². The lowest BCUT2D eigenvalue weighted by Gasteiger charge is -2.11. The average molecular weight is 290 g/mol. The van der Waals surface area contributed by atoms with Crippen LogP contribution in [0.15, 0.2) is 36.4 Å². The van der Waals surface area contributed by atoms with E-state index in [-0.39, 0.29) is 16.9 Å². The molecule has 0 aliphatic rings. The highest BCUT2D eigenvalue weighted by Crippen LogP contribution is 2.25. The van der Waals surface area contributed by atoms with Gasteiger partial charge in [0.05, 0.1) is 19.9 Å². The van der Waals surface area contributed by atoms with Gasteiger partial charge in [0.1, 0.15) is 23.0 Å². The molecule has 0 saturated heterocycles. The molecule has 0 unspecified atom stereocenters. The van der Waals surface area contributed by atoms with Crippen molar-refractivity contribution in [1.82, 2.24) is 0 Å². The van der Waals surface area contributed by atoms with E-state index in [1.807, 2.05) is 0 Å². The number of nitrogens with one attached hydrogen (secondary N) is 1. The van der Waals surface area contributed by atoms with Crippen LogP contribution in [0, 0.1) is 5.82 Å². The number of para-hydroxylation sites is 1. The second kappa shape index (κ2) is 6.13. The molecule has 5 nitrogen and oxygen atoms in total. The Balaban J connectivity index is 2.32. The lowest BCUT2D eigenvalue weighted by molar-refractivity contribution is 0.102. The van der Waals surface area contributed by atoms with Gasteiger partial charge in [0.25, 0.3) is 5.91 Å². The number of nitrogens with two attached hydrogens (primary N) is 1. The Bertz CT molecular complexity index is 631. The number of carbonyl (C=O) groups excluding carboxylic acids is 1. The van der Waals surface area contributed by atoms with Gasteiger partial charge in [0.2, 0.25) is 0 Å². The first-order chi connectivity index (χ1) is 10.0. The summed E-state index contributed by atoms with van der Waals surface area (Å²) < 4.78 is 23.8. The van der Waals surface area contributed by atoms with E-state index >= 15 is 0 Å². The summed E-state index contributed by atoms with van der Waals surface area (Å²) in [5, 5.41) is 2.45. The van der Waals surface area contributed by atoms with Gasteiger partial charge in [-0.15, -0.1) is 0 Å². The first-order valence-electron chi connectivity index (χ1n) is 6.13. The van der Waals surface area contributed by atoms with Gasteiger partial charge in [-0.05, 0) is 24.3 Å². The quantitative estimate of drug-likeness (QED) is 0.849. The van der Waals surface area contributed by atoms with Crippen LogP contribution in [0.1, 0.15) is 10.4 Å². The van der Waals surface area contributed by atoms with Crippen molar-refractivity contribution in [3.63, 3.8) is 0 Å². The van der Waals surface area contributed by atoms with Gasteiger partial charge in [-0.25, -0.2) is 4.39 Å². The Morgan fingerprint density at radius 1 is 1.14 bits per heavy atom. The van der Waals surface area contributed by atoms with Crippen LogP contribution in [0.2, 0.25) is 0 Å². The van der Waals surface area contributed by atoms with E-state index in [9.17, 15) is 9.18 Å². The molecule has 0 bridgehead atoms. The molecule has 0 fully saturated rings. The van der Waals surface area contributed by atoms with Gasteiger partial charge in [-0.1, -0.05) is 6.07 Å². The van der Waals surface area contributed by atoms with Crippen LogP contribution < -0.4 is 20.5 Å². The zero-order valence-corrected chi connectivity index (χ0v) is 11.6. The van der Waals surface area contributed by atoms with Crippen molar-refractivity contribution in [2.24, 2.45) is 0 Å². The van der Waals surface area contributed by atoms with Crippen molar-refractivity contribution < 1.29 is 18.7 Å². The number of hydrogen-bond donors (Lipinski definition) is 2. The van der Waals surface area contributed by atoms with Crippen molar-refractivity contribution in [2.45, 2.75) is 0 Å². The monoisotopic (exact) mass is 290 g/mol. The zero-order chi connectivity index (χ0) is 15.4. The topological polar surface area (TPSA) is 73.6 Å². The van der Waals surface area contributed by atoms with E-state index in [0.29, 0.717) is 11.5 Å². The highest BCUT2D eigenvalue weighted by molar-refractivity contribution is 6.06. The molecular weight excluding hydrogens is 275 g/mol. The van der Waals surface area contributed by atoms with Crippen LogP contribution in [0.5, 0.6) is 11.5 Å². The first-order valence-corrected chi connectivity index (χ1v) is 6.13. The normalized spacial score (nSPS) is 10.0. The Morgan fingerprint density at radius 3 is 2.29 bits per heavy atom. The summed E-state index contributed by atoms with van der Waals surface area (Å²) in [5.74, 6) is -0.191. The molecule has 1 amide bonds. The summed E-state index contributed by atoms with van der Waals surface area (Å²) in [6.07, 6.45) is 0. The van der Waals surface area contributed by atoms with Gasteiger partial charge in [0.15, 0.2) is 0 Å². The summed E-state index contributed by atoms with van der Waals surface area (Å²) in [7, 11) is 2.95. The molecule has 2 rings (SSSR count). The summed E-state index contributed by atoms with van der Waals surface area (Å²) in [5.41, 5.74) is 6.03. The zero-order valence-electron chi connectivity index (χ0n) is 11.6. The molecule has 0 heterocycles. The number of hydrogen-bond acceptors (Lipinski definition) is 4. The van der Waals surface area contributed by atoms with Gasteiger partial charge >= 0.3 is 0 Å². The number of carbonyl (C=O) groups is 1. The molecule has 2 aromatic rings. The third-order valence-electron chi connectivity index (χ3n) is 2.90. The number of amides is 1. The Kier molecular flexibility index (Phi) is 4.27. The number of rotatable bonds is 4. The molecule has 2 aromatic carbocycles. The number of methoxy groups -OCH3 is 2. The summed E-state index contributed by atoms with van der Waals surface area (Å²) >= 11 is 0. The minimum Gasteiger partial charge on any atom is -0.497 e. The summed E-state index contributed by atoms with van der Waals surface area (Å²) in [6, 6.07) is 8.87. The third-order valence-corrected chi connectivity index (χ3v) is 2.90. The van der Waals surface area contributed by atoms with Crippen LogP contribution in [0.25, 0.3) is 0 Å². The van der Waals surface area contributed by atoms with Crippen LogP contribution in [-0.2, 0) is 0 Å². The van der Waals surface area contributed by atoms with Crippen LogP contribution in [0.3, 0.4) is 0 Å². The molecule has 0 aromatic heterocycles. The van der Waals surface area contributed by atoms with E-state index in [4.69, 9.17) is 15.2 Å². The second-order valence-corrected chi connectivity index (χ2v) is 4.26. The minimum atomic E-state index is -0.599. The van der Waals surface area contributed by atoms with Crippen molar-refractivity contribution in [2.75, 3.05) is 25.3 Å². The fraction of sp³-hybridized carbons (Fsp3) is 0.133. The molecule has 0 atom stereocenters. The minimum absolute atomic E-state index is 0.0516. The van der Waals surface area contributed by atoms with Gasteiger partial charge in [-0.2, -0.15) is 0 Å². The molecule has 0 aliphatic heterocycles. The third kappa shape index (κ3) is 3.22. The summed E-state index contributed by atoms with van der Waals surface area (Å²) in [6.45, 7) is 0. The Morgan fingerprint density at radius 2 is 1.76 bits per heavy atom. The maximum Gasteiger partial charge on any atom is 0.256 e. The van der Waals surface area contributed by atoms with E-state index in [1.165, 1.54) is 44.6 Å². The van der Waals surface area contributed by atoms with Gasteiger partial charge in [-0.3, -0.25) is 4.79 Å². The molecule has 110 valence electrons. The predicted molar refractivity (Wildman–Crippen MR) is 78.3 cm³/mol. The van der Waals surface area contributed by atoms with Crippen LogP contribution in [0.4, 0.5) is 15.8 Å². The number of nitrogen functional groups attached to an aromatic ring is 1. The molecule has 21 heavy (non-hydrogen) atoms. The smallest absolute Gasteiger partial charge is 0.256 e. The number of anilines is 2. The van der Waals surface area contributed by atoms with E-state index in [1.54, 1.807) is 6.07 Å². The van der Waals surface area contributed by atoms with E-state index in [2.05, 4.69) is 5.32 Å². The lowest BCUT2D eigenvalue weighted by atomic mass is 10.1. The summed E-state index contributed by atoms with van der Waals surface area (Å²) in [4.78, 5) is 12.2. The second-order valence-electron chi connectivity index (χ2n) is 4.26. The highest BCUT2D eigenvalue weighted by Gasteiger charge is 2.14. The average Bonchev–Trinajstić information content (AvgIpc) is 2.50. The standard InChI is InChI=1S/C15H15FN2O3/c1-20-10-6-9(7-11(8-10)21-2)15(19)18-14-12(16)4-3-5-13(14)17/h3-8H,17H2,1-2H3,(H,18,19). The largest absolute Gasteiger partial charge is 0.497 e. The van der Waals surface area contributed by atoms with E-state index < -0.39 is 11.7 Å². The SMILES string of the molecule is COc1cc(OC)cc(C(=O)Nc2c(N)cccc2F)c1.